The molecule has 0 spiro atoms. The first kappa shape index (κ1) is 18.2. The Morgan fingerprint density at radius 3 is 2.85 bits per heavy atom. The summed E-state index contributed by atoms with van der Waals surface area (Å²) in [5.74, 6) is -0.476. The average molecular weight is 365 g/mol. The van der Waals surface area contributed by atoms with Gasteiger partial charge in [-0.3, -0.25) is 9.78 Å². The summed E-state index contributed by atoms with van der Waals surface area (Å²) in [7, 11) is 0. The first-order valence-electron chi connectivity index (χ1n) is 8.22. The van der Waals surface area contributed by atoms with Crippen molar-refractivity contribution >= 4 is 11.6 Å². The van der Waals surface area contributed by atoms with Gasteiger partial charge in [0.1, 0.15) is 12.4 Å². The van der Waals surface area contributed by atoms with Gasteiger partial charge in [0.05, 0.1) is 11.1 Å². The van der Waals surface area contributed by atoms with Gasteiger partial charge in [-0.2, -0.15) is 13.2 Å². The maximum absolute atomic E-state index is 13.2. The van der Waals surface area contributed by atoms with E-state index in [1.54, 1.807) is 6.07 Å². The van der Waals surface area contributed by atoms with Crippen molar-refractivity contribution in [2.75, 3.05) is 18.5 Å². The normalized spacial score (nSPS) is 17.1. The molecular formula is C18H18F3N3O2. The lowest BCUT2D eigenvalue weighted by atomic mass is 10.1. The summed E-state index contributed by atoms with van der Waals surface area (Å²) in [5.41, 5.74) is -0.610. The Bertz CT molecular complexity index is 760. The van der Waals surface area contributed by atoms with Crippen LogP contribution in [0.5, 0.6) is 5.75 Å². The van der Waals surface area contributed by atoms with Gasteiger partial charge in [-0.15, -0.1) is 0 Å². The van der Waals surface area contributed by atoms with E-state index in [4.69, 9.17) is 4.74 Å². The monoisotopic (exact) mass is 365 g/mol. The molecule has 2 heterocycles. The van der Waals surface area contributed by atoms with Crippen LogP contribution >= 0.6 is 0 Å². The smallest absolute Gasteiger partial charge is 0.416 e. The fourth-order valence-electron chi connectivity index (χ4n) is 2.71. The molecule has 26 heavy (non-hydrogen) atoms. The topological polar surface area (TPSA) is 63.2 Å². The van der Waals surface area contributed by atoms with Crippen LogP contribution in [0.3, 0.4) is 0 Å². The maximum atomic E-state index is 13.2. The van der Waals surface area contributed by atoms with Crippen molar-refractivity contribution < 1.29 is 22.7 Å². The minimum Gasteiger partial charge on any atom is -0.492 e. The number of carbonyl (C=O) groups excluding carboxylic acids is 1. The number of halogens is 3. The fraction of sp³-hybridized carbons (Fsp3) is 0.333. The maximum Gasteiger partial charge on any atom is 0.416 e. The van der Waals surface area contributed by atoms with Crippen LogP contribution in [0.4, 0.5) is 18.9 Å². The summed E-state index contributed by atoms with van der Waals surface area (Å²) >= 11 is 0. The second kappa shape index (κ2) is 7.74. The number of aromatic nitrogens is 1. The second-order valence-electron chi connectivity index (χ2n) is 6.04. The van der Waals surface area contributed by atoms with Gasteiger partial charge >= 0.3 is 6.18 Å². The number of alkyl halides is 3. The second-order valence-corrected chi connectivity index (χ2v) is 6.04. The number of nitrogens with one attached hydrogen (secondary N) is 2. The van der Waals surface area contributed by atoms with Crippen molar-refractivity contribution in [3.63, 3.8) is 0 Å². The van der Waals surface area contributed by atoms with Crippen molar-refractivity contribution in [1.82, 2.24) is 10.3 Å². The van der Waals surface area contributed by atoms with E-state index < -0.39 is 17.6 Å². The number of nitrogens with zero attached hydrogens (tertiary/aromatic N) is 1. The lowest BCUT2D eigenvalue weighted by Crippen LogP contribution is -2.28. The van der Waals surface area contributed by atoms with Gasteiger partial charge in [0.25, 0.3) is 5.91 Å². The highest BCUT2D eigenvalue weighted by Gasteiger charge is 2.32. The molecule has 0 aliphatic carbocycles. The van der Waals surface area contributed by atoms with E-state index in [-0.39, 0.29) is 29.6 Å². The summed E-state index contributed by atoms with van der Waals surface area (Å²) in [6.45, 7) is 1.15. The SMILES string of the molecule is O=C(Nc1cc(OCC2CCCN2)cc(C(F)(F)F)c1)c1cccnc1. The quantitative estimate of drug-likeness (QED) is 0.852. The molecule has 1 atom stereocenters. The molecule has 1 aliphatic rings. The summed E-state index contributed by atoms with van der Waals surface area (Å²) in [5, 5.41) is 5.68. The first-order chi connectivity index (χ1) is 12.4. The Labute approximate surface area is 148 Å². The van der Waals surface area contributed by atoms with Crippen LogP contribution in [-0.2, 0) is 6.18 Å². The Morgan fingerprint density at radius 1 is 1.35 bits per heavy atom. The predicted octanol–water partition coefficient (Wildman–Crippen LogP) is 3.48. The third-order valence-electron chi connectivity index (χ3n) is 4.03. The minimum atomic E-state index is -4.54. The van der Waals surface area contributed by atoms with E-state index in [9.17, 15) is 18.0 Å². The Balaban J connectivity index is 1.79. The molecular weight excluding hydrogens is 347 g/mol. The predicted molar refractivity (Wildman–Crippen MR) is 90.2 cm³/mol. The summed E-state index contributed by atoms with van der Waals surface area (Å²) in [6, 6.07) is 6.43. The average Bonchev–Trinajstić information content (AvgIpc) is 3.13. The summed E-state index contributed by atoms with van der Waals surface area (Å²) in [4.78, 5) is 16.0. The molecule has 0 radical (unpaired) electrons. The van der Waals surface area contributed by atoms with Crippen molar-refractivity contribution in [3.05, 3.63) is 53.9 Å². The molecule has 8 heteroatoms. The molecule has 0 bridgehead atoms. The number of anilines is 1. The number of amides is 1. The number of hydrogen-bond donors (Lipinski definition) is 2. The van der Waals surface area contributed by atoms with Gasteiger partial charge in [-0.1, -0.05) is 0 Å². The van der Waals surface area contributed by atoms with Gasteiger partial charge in [-0.25, -0.2) is 0 Å². The third kappa shape index (κ3) is 4.72. The van der Waals surface area contributed by atoms with Crippen molar-refractivity contribution in [3.8, 4) is 5.75 Å². The largest absolute Gasteiger partial charge is 0.492 e. The number of benzene rings is 1. The van der Waals surface area contributed by atoms with Gasteiger partial charge in [0, 0.05) is 30.2 Å². The summed E-state index contributed by atoms with van der Waals surface area (Å²) < 4.78 is 45.0. The lowest BCUT2D eigenvalue weighted by molar-refractivity contribution is -0.137. The molecule has 1 fully saturated rings. The van der Waals surface area contributed by atoms with Crippen LogP contribution in [0.15, 0.2) is 42.7 Å². The molecule has 5 nitrogen and oxygen atoms in total. The van der Waals surface area contributed by atoms with E-state index in [0.29, 0.717) is 0 Å². The molecule has 1 saturated heterocycles. The molecule has 138 valence electrons. The molecule has 0 saturated carbocycles. The van der Waals surface area contributed by atoms with Gasteiger partial charge in [-0.05, 0) is 43.7 Å². The van der Waals surface area contributed by atoms with E-state index in [2.05, 4.69) is 15.6 Å². The highest BCUT2D eigenvalue weighted by atomic mass is 19.4. The van der Waals surface area contributed by atoms with Crippen molar-refractivity contribution in [1.29, 1.82) is 0 Å². The first-order valence-corrected chi connectivity index (χ1v) is 8.22. The zero-order valence-corrected chi connectivity index (χ0v) is 13.8. The van der Waals surface area contributed by atoms with E-state index in [0.717, 1.165) is 31.5 Å². The van der Waals surface area contributed by atoms with Crippen LogP contribution in [0, 0.1) is 0 Å². The Morgan fingerprint density at radius 2 is 2.19 bits per heavy atom. The van der Waals surface area contributed by atoms with E-state index >= 15 is 0 Å². The lowest BCUT2D eigenvalue weighted by Gasteiger charge is -2.16. The highest BCUT2D eigenvalue weighted by Crippen LogP contribution is 2.34. The molecule has 1 amide bonds. The van der Waals surface area contributed by atoms with Crippen LogP contribution in [0.1, 0.15) is 28.8 Å². The third-order valence-corrected chi connectivity index (χ3v) is 4.03. The number of carbonyl (C=O) groups is 1. The zero-order chi connectivity index (χ0) is 18.6. The number of ether oxygens (including phenoxy) is 1. The number of pyridine rings is 1. The standard InChI is InChI=1S/C18H18F3N3O2/c19-18(20,21)13-7-15(24-17(25)12-3-1-5-22-10-12)9-16(8-13)26-11-14-4-2-6-23-14/h1,3,5,7-10,14,23H,2,4,6,11H2,(H,24,25). The molecule has 1 aliphatic heterocycles. The highest BCUT2D eigenvalue weighted by molar-refractivity contribution is 6.04. The van der Waals surface area contributed by atoms with Crippen LogP contribution in [0.25, 0.3) is 0 Å². The van der Waals surface area contributed by atoms with Gasteiger partial charge < -0.3 is 15.4 Å². The van der Waals surface area contributed by atoms with Crippen LogP contribution in [0.2, 0.25) is 0 Å². The van der Waals surface area contributed by atoms with Gasteiger partial charge in [0.15, 0.2) is 0 Å². The minimum absolute atomic E-state index is 0.0167. The fourth-order valence-corrected chi connectivity index (χ4v) is 2.71. The summed E-state index contributed by atoms with van der Waals surface area (Å²) in [6.07, 6.45) is 0.238. The van der Waals surface area contributed by atoms with Crippen molar-refractivity contribution in [2.24, 2.45) is 0 Å². The molecule has 1 aromatic heterocycles. The molecule has 3 rings (SSSR count). The van der Waals surface area contributed by atoms with E-state index in [1.165, 1.54) is 24.5 Å². The Kier molecular flexibility index (Phi) is 5.41. The van der Waals surface area contributed by atoms with Crippen LogP contribution < -0.4 is 15.4 Å². The Hall–Kier alpha value is -2.61. The zero-order valence-electron chi connectivity index (χ0n) is 13.8. The molecule has 1 aromatic carbocycles. The molecule has 2 N–H and O–H groups in total. The molecule has 1 unspecified atom stereocenters. The number of rotatable bonds is 5. The van der Waals surface area contributed by atoms with Crippen LogP contribution in [-0.4, -0.2) is 30.1 Å². The van der Waals surface area contributed by atoms with Crippen molar-refractivity contribution in [2.45, 2.75) is 25.1 Å². The van der Waals surface area contributed by atoms with Gasteiger partial charge in [0.2, 0.25) is 0 Å². The molecule has 2 aromatic rings. The number of hydrogen-bond acceptors (Lipinski definition) is 4. The van der Waals surface area contributed by atoms with E-state index in [1.807, 2.05) is 0 Å².